The molecule has 3 fully saturated rings. The Morgan fingerprint density at radius 3 is 2.62 bits per heavy atom. The molecule has 0 radical (unpaired) electrons. The molecule has 2 atom stereocenters. The van der Waals surface area contributed by atoms with Gasteiger partial charge in [0.1, 0.15) is 11.5 Å². The van der Waals surface area contributed by atoms with Crippen LogP contribution in [-0.4, -0.2) is 40.7 Å². The maximum atomic E-state index is 13.0. The summed E-state index contributed by atoms with van der Waals surface area (Å²) in [4.78, 5) is 29.8. The number of carbonyl (C=O) groups excluding carboxylic acids is 2. The van der Waals surface area contributed by atoms with Gasteiger partial charge in [0.2, 0.25) is 5.91 Å². The minimum Gasteiger partial charge on any atom is -0.466 e. The van der Waals surface area contributed by atoms with Gasteiger partial charge in [0, 0.05) is 25.7 Å². The van der Waals surface area contributed by atoms with Crippen LogP contribution in [0.3, 0.4) is 0 Å². The molecule has 2 aromatic rings. The highest BCUT2D eigenvalue weighted by Gasteiger charge is 2.42. The van der Waals surface area contributed by atoms with Gasteiger partial charge >= 0.3 is 0 Å². The van der Waals surface area contributed by atoms with Gasteiger partial charge in [0.05, 0.1) is 11.5 Å². The number of furan rings is 1. The number of nitrogens with zero attached hydrogens (tertiary/aromatic N) is 2. The van der Waals surface area contributed by atoms with E-state index in [1.807, 2.05) is 54.0 Å². The van der Waals surface area contributed by atoms with Crippen molar-refractivity contribution in [2.45, 2.75) is 39.3 Å². The summed E-state index contributed by atoms with van der Waals surface area (Å²) in [6.07, 6.45) is 1.82. The van der Waals surface area contributed by atoms with Crippen molar-refractivity contribution < 1.29 is 14.0 Å². The van der Waals surface area contributed by atoms with Crippen molar-refractivity contribution in [3.05, 3.63) is 59.0 Å². The van der Waals surface area contributed by atoms with E-state index in [-0.39, 0.29) is 23.8 Å². The molecule has 0 aliphatic carbocycles. The summed E-state index contributed by atoms with van der Waals surface area (Å²) >= 11 is 0. The monoisotopic (exact) mass is 352 g/mol. The fraction of sp³-hybridized carbons (Fsp3) is 0.429. The molecule has 4 heterocycles. The van der Waals surface area contributed by atoms with Crippen LogP contribution in [0.1, 0.15) is 40.3 Å². The molecule has 2 amide bonds. The molecule has 1 aromatic carbocycles. The van der Waals surface area contributed by atoms with Crippen LogP contribution in [0.5, 0.6) is 0 Å². The normalized spacial score (nSPS) is 22.6. The number of hydrogen-bond acceptors (Lipinski definition) is 3. The Morgan fingerprint density at radius 2 is 1.92 bits per heavy atom. The van der Waals surface area contributed by atoms with Gasteiger partial charge in [-0.25, -0.2) is 0 Å². The van der Waals surface area contributed by atoms with Crippen LogP contribution in [0.2, 0.25) is 0 Å². The largest absolute Gasteiger partial charge is 0.466 e. The van der Waals surface area contributed by atoms with Gasteiger partial charge in [-0.2, -0.15) is 0 Å². The van der Waals surface area contributed by atoms with E-state index in [1.54, 1.807) is 6.07 Å². The van der Waals surface area contributed by atoms with E-state index in [9.17, 15) is 9.59 Å². The van der Waals surface area contributed by atoms with Crippen LogP contribution in [0.25, 0.3) is 0 Å². The predicted molar refractivity (Wildman–Crippen MR) is 97.6 cm³/mol. The van der Waals surface area contributed by atoms with Crippen molar-refractivity contribution in [3.63, 3.8) is 0 Å². The molecule has 0 N–H and O–H groups in total. The Bertz CT molecular complexity index is 827. The molecule has 2 unspecified atom stereocenters. The first kappa shape index (κ1) is 16.9. The van der Waals surface area contributed by atoms with Crippen molar-refractivity contribution in [3.8, 4) is 0 Å². The zero-order chi connectivity index (χ0) is 18.3. The standard InChI is InChI=1S/C21H24N2O3/c1-14-10-19(15(2)26-14)21(25)22-12-17-8-9-18(13-22)23(20(17)24)11-16-6-4-3-5-7-16/h3-7,10,17-18H,8-9,11-13H2,1-2H3. The van der Waals surface area contributed by atoms with Crippen LogP contribution in [0.15, 0.2) is 40.8 Å². The van der Waals surface area contributed by atoms with E-state index < -0.39 is 0 Å². The smallest absolute Gasteiger partial charge is 0.257 e. The average molecular weight is 352 g/mol. The topological polar surface area (TPSA) is 53.8 Å². The number of fused-ring (bicyclic) bond motifs is 4. The Morgan fingerprint density at radius 1 is 1.15 bits per heavy atom. The zero-order valence-electron chi connectivity index (χ0n) is 15.3. The van der Waals surface area contributed by atoms with Crippen molar-refractivity contribution in [1.82, 2.24) is 9.80 Å². The number of hydrogen-bond donors (Lipinski definition) is 0. The van der Waals surface area contributed by atoms with E-state index in [1.165, 1.54) is 0 Å². The van der Waals surface area contributed by atoms with E-state index in [0.717, 1.165) is 24.2 Å². The second-order valence-electron chi connectivity index (χ2n) is 7.42. The van der Waals surface area contributed by atoms with E-state index in [0.29, 0.717) is 31.0 Å². The second-order valence-corrected chi connectivity index (χ2v) is 7.42. The number of carbonyl (C=O) groups is 2. The maximum absolute atomic E-state index is 13.0. The lowest BCUT2D eigenvalue weighted by Crippen LogP contribution is -2.47. The summed E-state index contributed by atoms with van der Waals surface area (Å²) in [5.41, 5.74) is 1.75. The molecule has 3 saturated heterocycles. The Labute approximate surface area is 153 Å². The molecular formula is C21H24N2O3. The van der Waals surface area contributed by atoms with Gasteiger partial charge in [-0.15, -0.1) is 0 Å². The predicted octanol–water partition coefficient (Wildman–Crippen LogP) is 3.16. The van der Waals surface area contributed by atoms with Crippen LogP contribution in [0, 0.1) is 19.8 Å². The van der Waals surface area contributed by atoms with E-state index >= 15 is 0 Å². The fourth-order valence-electron chi connectivity index (χ4n) is 4.21. The summed E-state index contributed by atoms with van der Waals surface area (Å²) < 4.78 is 5.52. The Kier molecular flexibility index (Phi) is 4.31. The molecule has 2 bridgehead atoms. The number of piperidine rings is 1. The van der Waals surface area contributed by atoms with Crippen LogP contribution < -0.4 is 0 Å². The molecule has 136 valence electrons. The molecule has 3 aliphatic rings. The molecule has 5 rings (SSSR count). The van der Waals surface area contributed by atoms with Crippen molar-refractivity contribution in [2.24, 2.45) is 5.92 Å². The van der Waals surface area contributed by atoms with Crippen LogP contribution >= 0.6 is 0 Å². The highest BCUT2D eigenvalue weighted by Crippen LogP contribution is 2.31. The van der Waals surface area contributed by atoms with Gasteiger partial charge in [0.25, 0.3) is 5.91 Å². The number of rotatable bonds is 3. The third-order valence-corrected chi connectivity index (χ3v) is 5.55. The third kappa shape index (κ3) is 3.02. The lowest BCUT2D eigenvalue weighted by Gasteiger charge is -2.36. The zero-order valence-corrected chi connectivity index (χ0v) is 15.3. The molecular weight excluding hydrogens is 328 g/mol. The Hall–Kier alpha value is -2.56. The summed E-state index contributed by atoms with van der Waals surface area (Å²) in [7, 11) is 0. The average Bonchev–Trinajstić information content (AvgIpc) is 2.80. The number of aryl methyl sites for hydroxylation is 2. The van der Waals surface area contributed by atoms with Gasteiger partial charge in [-0.3, -0.25) is 9.59 Å². The van der Waals surface area contributed by atoms with Crippen molar-refractivity contribution in [2.75, 3.05) is 13.1 Å². The SMILES string of the molecule is Cc1cc(C(=O)N2CC3CCC(C2)N(Cc2ccccc2)C3=O)c(C)o1. The minimum atomic E-state index is -0.102. The van der Waals surface area contributed by atoms with Crippen molar-refractivity contribution >= 4 is 11.8 Å². The molecule has 0 saturated carbocycles. The minimum absolute atomic E-state index is 0.0226. The van der Waals surface area contributed by atoms with Crippen LogP contribution in [-0.2, 0) is 11.3 Å². The second kappa shape index (κ2) is 6.63. The lowest BCUT2D eigenvalue weighted by molar-refractivity contribution is -0.140. The van der Waals surface area contributed by atoms with Gasteiger partial charge in [-0.05, 0) is 38.3 Å². The first-order valence-electron chi connectivity index (χ1n) is 9.23. The molecule has 5 nitrogen and oxygen atoms in total. The highest BCUT2D eigenvalue weighted by molar-refractivity contribution is 5.96. The van der Waals surface area contributed by atoms with E-state index in [2.05, 4.69) is 0 Å². The molecule has 3 aliphatic heterocycles. The lowest BCUT2D eigenvalue weighted by atomic mass is 9.93. The molecule has 0 spiro atoms. The van der Waals surface area contributed by atoms with E-state index in [4.69, 9.17) is 4.42 Å². The Balaban J connectivity index is 1.57. The summed E-state index contributed by atoms with van der Waals surface area (Å²) in [5.74, 6) is 1.45. The fourth-order valence-corrected chi connectivity index (χ4v) is 4.21. The highest BCUT2D eigenvalue weighted by atomic mass is 16.3. The number of benzene rings is 1. The van der Waals surface area contributed by atoms with Gasteiger partial charge < -0.3 is 14.2 Å². The summed E-state index contributed by atoms with van der Waals surface area (Å²) in [5, 5.41) is 0. The van der Waals surface area contributed by atoms with Crippen LogP contribution in [0.4, 0.5) is 0 Å². The first-order chi connectivity index (χ1) is 12.5. The summed E-state index contributed by atoms with van der Waals surface area (Å²) in [6, 6.07) is 12.0. The maximum Gasteiger partial charge on any atom is 0.257 e. The van der Waals surface area contributed by atoms with Gasteiger partial charge in [-0.1, -0.05) is 30.3 Å². The molecule has 26 heavy (non-hydrogen) atoms. The number of amides is 2. The summed E-state index contributed by atoms with van der Waals surface area (Å²) in [6.45, 7) is 5.38. The van der Waals surface area contributed by atoms with Crippen molar-refractivity contribution in [1.29, 1.82) is 0 Å². The quantitative estimate of drug-likeness (QED) is 0.853. The third-order valence-electron chi connectivity index (χ3n) is 5.55. The molecule has 5 heteroatoms. The molecule has 1 aromatic heterocycles. The van der Waals surface area contributed by atoms with Gasteiger partial charge in [0.15, 0.2) is 0 Å². The first-order valence-corrected chi connectivity index (χ1v) is 9.23.